The average Bonchev–Trinajstić information content (AvgIpc) is 3.09. The van der Waals surface area contributed by atoms with Gasteiger partial charge in [-0.3, -0.25) is 4.99 Å². The van der Waals surface area contributed by atoms with Gasteiger partial charge < -0.3 is 5.32 Å². The molecule has 0 aliphatic carbocycles. The minimum Gasteiger partial charge on any atom is -0.372 e. The number of unbranched alkanes of at least 4 members (excludes halogenated alkanes) is 8. The molecule has 1 atom stereocenters. The van der Waals surface area contributed by atoms with Gasteiger partial charge in [0.25, 0.3) is 0 Å². The summed E-state index contributed by atoms with van der Waals surface area (Å²) in [5, 5.41) is 3.49. The predicted molar refractivity (Wildman–Crippen MR) is 104 cm³/mol. The van der Waals surface area contributed by atoms with Crippen molar-refractivity contribution >= 4 is 5.84 Å². The summed E-state index contributed by atoms with van der Waals surface area (Å²) in [7, 11) is 0. The van der Waals surface area contributed by atoms with Crippen molar-refractivity contribution < 1.29 is 0 Å². The zero-order valence-corrected chi connectivity index (χ0v) is 15.8. The first kappa shape index (κ1) is 20.3. The Kier molecular flexibility index (Phi) is 13.0. The van der Waals surface area contributed by atoms with Crippen molar-refractivity contribution in [3.05, 3.63) is 12.2 Å². The van der Waals surface area contributed by atoms with Gasteiger partial charge in [0.05, 0.1) is 12.4 Å². The van der Waals surface area contributed by atoms with Crippen LogP contribution in [0.3, 0.4) is 0 Å². The van der Waals surface area contributed by atoms with Gasteiger partial charge in [-0.25, -0.2) is 0 Å². The third kappa shape index (κ3) is 10.6. The first-order chi connectivity index (χ1) is 11.4. The van der Waals surface area contributed by atoms with Crippen LogP contribution in [0, 0.1) is 5.92 Å². The Morgan fingerprint density at radius 1 is 0.870 bits per heavy atom. The van der Waals surface area contributed by atoms with Gasteiger partial charge in [-0.2, -0.15) is 0 Å². The smallest absolute Gasteiger partial charge is 0.0995 e. The Labute approximate surface area is 145 Å². The standard InChI is InChI=1S/C21H40N2/c1-3-5-7-8-9-10-11-12-13-14-15-17-20(16-6-4-2)21-22-18-19-23-21/h12-13,20H,3-11,14-19H2,1-2H3,(H,22,23). The van der Waals surface area contributed by atoms with Crippen LogP contribution >= 0.6 is 0 Å². The minimum atomic E-state index is 0.685. The molecule has 0 fully saturated rings. The highest BCUT2D eigenvalue weighted by atomic mass is 15.1. The highest BCUT2D eigenvalue weighted by Gasteiger charge is 2.17. The maximum Gasteiger partial charge on any atom is 0.0995 e. The number of hydrogen-bond acceptors (Lipinski definition) is 2. The lowest BCUT2D eigenvalue weighted by Crippen LogP contribution is -2.27. The van der Waals surface area contributed by atoms with E-state index in [1.54, 1.807) is 0 Å². The van der Waals surface area contributed by atoms with Crippen molar-refractivity contribution in [2.75, 3.05) is 13.1 Å². The van der Waals surface area contributed by atoms with E-state index in [4.69, 9.17) is 0 Å². The largest absolute Gasteiger partial charge is 0.372 e. The zero-order chi connectivity index (χ0) is 16.6. The van der Waals surface area contributed by atoms with Crippen LogP contribution in [-0.2, 0) is 0 Å². The molecular formula is C21H40N2. The summed E-state index contributed by atoms with van der Waals surface area (Å²) in [6.07, 6.45) is 22.3. The van der Waals surface area contributed by atoms with Crippen LogP contribution in [0.25, 0.3) is 0 Å². The Bertz CT molecular complexity index is 320. The van der Waals surface area contributed by atoms with Crippen molar-refractivity contribution in [3.8, 4) is 0 Å². The van der Waals surface area contributed by atoms with E-state index in [-0.39, 0.29) is 0 Å². The summed E-state index contributed by atoms with van der Waals surface area (Å²) >= 11 is 0. The van der Waals surface area contributed by atoms with Crippen molar-refractivity contribution in [2.45, 2.75) is 97.3 Å². The van der Waals surface area contributed by atoms with Crippen LogP contribution in [-0.4, -0.2) is 18.9 Å². The monoisotopic (exact) mass is 320 g/mol. The van der Waals surface area contributed by atoms with Gasteiger partial charge >= 0.3 is 0 Å². The zero-order valence-electron chi connectivity index (χ0n) is 15.8. The van der Waals surface area contributed by atoms with Gasteiger partial charge in [-0.15, -0.1) is 0 Å². The number of nitrogens with one attached hydrogen (secondary N) is 1. The molecule has 1 aliphatic heterocycles. The highest BCUT2D eigenvalue weighted by molar-refractivity contribution is 5.85. The molecule has 23 heavy (non-hydrogen) atoms. The van der Waals surface area contributed by atoms with E-state index in [9.17, 15) is 0 Å². The minimum absolute atomic E-state index is 0.685. The van der Waals surface area contributed by atoms with Crippen LogP contribution < -0.4 is 5.32 Å². The van der Waals surface area contributed by atoms with Gasteiger partial charge in [-0.1, -0.05) is 70.9 Å². The Morgan fingerprint density at radius 3 is 2.22 bits per heavy atom. The van der Waals surface area contributed by atoms with E-state index >= 15 is 0 Å². The van der Waals surface area contributed by atoms with Crippen molar-refractivity contribution in [2.24, 2.45) is 10.9 Å². The first-order valence-electron chi connectivity index (χ1n) is 10.3. The third-order valence-electron chi connectivity index (χ3n) is 4.81. The Hall–Kier alpha value is -0.790. The SMILES string of the molecule is CCCCCCCCC=CCCCC(CCCC)C1=NCCN1. The van der Waals surface area contributed by atoms with Crippen molar-refractivity contribution in [3.63, 3.8) is 0 Å². The molecule has 0 bridgehead atoms. The molecule has 1 aliphatic rings. The second-order valence-corrected chi connectivity index (χ2v) is 6.99. The van der Waals surface area contributed by atoms with E-state index < -0.39 is 0 Å². The molecule has 0 aromatic rings. The molecule has 0 spiro atoms. The maximum atomic E-state index is 4.65. The van der Waals surface area contributed by atoms with Crippen LogP contribution in [0.1, 0.15) is 97.3 Å². The highest BCUT2D eigenvalue weighted by Crippen LogP contribution is 2.19. The summed E-state index contributed by atoms with van der Waals surface area (Å²) in [5.74, 6) is 1.99. The molecular weight excluding hydrogens is 280 g/mol. The van der Waals surface area contributed by atoms with Gasteiger partial charge in [0.15, 0.2) is 0 Å². The number of rotatable bonds is 15. The lowest BCUT2D eigenvalue weighted by atomic mass is 9.94. The molecule has 0 aromatic heterocycles. The van der Waals surface area contributed by atoms with E-state index in [1.165, 1.54) is 89.3 Å². The maximum absolute atomic E-state index is 4.65. The number of nitrogens with zero attached hydrogens (tertiary/aromatic N) is 1. The number of amidine groups is 1. The molecule has 1 N–H and O–H groups in total. The molecule has 0 radical (unpaired) electrons. The Balaban J connectivity index is 2.03. The summed E-state index contributed by atoms with van der Waals surface area (Å²) in [4.78, 5) is 4.65. The summed E-state index contributed by atoms with van der Waals surface area (Å²) in [5.41, 5.74) is 0. The molecule has 134 valence electrons. The van der Waals surface area contributed by atoms with E-state index in [0.717, 1.165) is 13.1 Å². The summed E-state index contributed by atoms with van der Waals surface area (Å²) in [6, 6.07) is 0. The first-order valence-corrected chi connectivity index (χ1v) is 10.3. The fourth-order valence-corrected chi connectivity index (χ4v) is 3.32. The topological polar surface area (TPSA) is 24.4 Å². The average molecular weight is 321 g/mol. The van der Waals surface area contributed by atoms with Gasteiger partial charge in [0.2, 0.25) is 0 Å². The van der Waals surface area contributed by atoms with Gasteiger partial charge in [0.1, 0.15) is 0 Å². The van der Waals surface area contributed by atoms with Crippen LogP contribution in [0.15, 0.2) is 17.1 Å². The van der Waals surface area contributed by atoms with Gasteiger partial charge in [0, 0.05) is 12.5 Å². The molecule has 0 saturated carbocycles. The van der Waals surface area contributed by atoms with Crippen LogP contribution in [0.2, 0.25) is 0 Å². The van der Waals surface area contributed by atoms with E-state index in [1.807, 2.05) is 0 Å². The number of allylic oxidation sites excluding steroid dienone is 2. The summed E-state index contributed by atoms with van der Waals surface area (Å²) in [6.45, 7) is 6.60. The van der Waals surface area contributed by atoms with Gasteiger partial charge in [-0.05, 0) is 38.5 Å². The molecule has 1 unspecified atom stereocenters. The fraction of sp³-hybridized carbons (Fsp3) is 0.857. The molecule has 1 heterocycles. The fourth-order valence-electron chi connectivity index (χ4n) is 3.32. The molecule has 2 nitrogen and oxygen atoms in total. The third-order valence-corrected chi connectivity index (χ3v) is 4.81. The molecule has 0 aromatic carbocycles. The quantitative estimate of drug-likeness (QED) is 0.279. The van der Waals surface area contributed by atoms with Crippen LogP contribution in [0.4, 0.5) is 0 Å². The van der Waals surface area contributed by atoms with Crippen molar-refractivity contribution in [1.82, 2.24) is 5.32 Å². The molecule has 1 rings (SSSR count). The molecule has 0 saturated heterocycles. The lowest BCUT2D eigenvalue weighted by molar-refractivity contribution is 0.520. The second kappa shape index (κ2) is 14.8. The normalized spacial score (nSPS) is 15.8. The van der Waals surface area contributed by atoms with E-state index in [2.05, 4.69) is 36.3 Å². The number of aliphatic imine (C=N–C) groups is 1. The van der Waals surface area contributed by atoms with Crippen LogP contribution in [0.5, 0.6) is 0 Å². The Morgan fingerprint density at radius 2 is 1.52 bits per heavy atom. The summed E-state index contributed by atoms with van der Waals surface area (Å²) < 4.78 is 0. The lowest BCUT2D eigenvalue weighted by Gasteiger charge is -2.16. The van der Waals surface area contributed by atoms with Crippen molar-refractivity contribution in [1.29, 1.82) is 0 Å². The molecule has 0 amide bonds. The van der Waals surface area contributed by atoms with E-state index in [0.29, 0.717) is 5.92 Å². The predicted octanol–water partition coefficient (Wildman–Crippen LogP) is 6.27. The second-order valence-electron chi connectivity index (χ2n) is 6.99. The number of hydrogen-bond donors (Lipinski definition) is 1. The molecule has 2 heteroatoms.